The van der Waals surface area contributed by atoms with E-state index in [1.165, 1.54) is 0 Å². The van der Waals surface area contributed by atoms with Gasteiger partial charge in [0.1, 0.15) is 11.1 Å². The van der Waals surface area contributed by atoms with Gasteiger partial charge in [0.05, 0.1) is 19.8 Å². The molecule has 0 bridgehead atoms. The number of hydrogen-bond acceptors (Lipinski definition) is 5. The number of benzene rings is 1. The summed E-state index contributed by atoms with van der Waals surface area (Å²) in [6.45, 7) is -0.0971. The third kappa shape index (κ3) is 2.89. The summed E-state index contributed by atoms with van der Waals surface area (Å²) in [5.74, 6) is -0.580. The van der Waals surface area contributed by atoms with Crippen LogP contribution in [0.4, 0.5) is 0 Å². The van der Waals surface area contributed by atoms with Crippen molar-refractivity contribution in [2.45, 2.75) is 12.5 Å². The Morgan fingerprint density at radius 2 is 1.90 bits per heavy atom. The lowest BCUT2D eigenvalue weighted by molar-refractivity contribution is 0.0364. The molecule has 0 aliphatic rings. The van der Waals surface area contributed by atoms with Crippen molar-refractivity contribution in [2.24, 2.45) is 0 Å². The summed E-state index contributed by atoms with van der Waals surface area (Å²) in [4.78, 5) is 12.2. The minimum atomic E-state index is -1.50. The van der Waals surface area contributed by atoms with E-state index in [0.29, 0.717) is 21.6 Å². The second-order valence-electron chi connectivity index (χ2n) is 4.91. The second-order valence-corrected chi connectivity index (χ2v) is 5.34. The monoisotopic (exact) mass is 313 g/mol. The first kappa shape index (κ1) is 15.8. The Hall–Kier alpha value is -1.60. The molecule has 1 heterocycles. The molecule has 0 unspecified atom stereocenters. The van der Waals surface area contributed by atoms with E-state index in [1.54, 1.807) is 25.1 Å². The Kier molecular flexibility index (Phi) is 4.53. The number of nitrogens with one attached hydrogen (secondary N) is 1. The van der Waals surface area contributed by atoms with Crippen molar-refractivity contribution in [3.05, 3.63) is 34.5 Å². The van der Waals surface area contributed by atoms with Crippen LogP contribution in [-0.4, -0.2) is 46.6 Å². The Labute approximate surface area is 125 Å². The quantitative estimate of drug-likeness (QED) is 0.655. The van der Waals surface area contributed by atoms with E-state index >= 15 is 0 Å². The van der Waals surface area contributed by atoms with E-state index < -0.39 is 31.3 Å². The van der Waals surface area contributed by atoms with Crippen molar-refractivity contribution in [3.8, 4) is 0 Å². The fraction of sp³-hybridized carbons (Fsp3) is 0.357. The summed E-state index contributed by atoms with van der Waals surface area (Å²) in [6, 6.07) is 4.98. The summed E-state index contributed by atoms with van der Waals surface area (Å²) >= 11 is 5.91. The van der Waals surface area contributed by atoms with Crippen molar-refractivity contribution in [2.75, 3.05) is 19.8 Å². The zero-order chi connectivity index (χ0) is 15.6. The Balaban J connectivity index is 2.38. The van der Waals surface area contributed by atoms with Gasteiger partial charge in [0.25, 0.3) is 5.91 Å². The smallest absolute Gasteiger partial charge is 0.287 e. The number of furan rings is 1. The molecule has 1 aromatic carbocycles. The van der Waals surface area contributed by atoms with E-state index in [9.17, 15) is 20.1 Å². The normalized spacial score (nSPS) is 11.9. The second kappa shape index (κ2) is 6.03. The molecule has 0 saturated carbocycles. The molecule has 4 N–H and O–H groups in total. The van der Waals surface area contributed by atoms with Crippen LogP contribution in [0, 0.1) is 6.92 Å². The molecule has 114 valence electrons. The van der Waals surface area contributed by atoms with Crippen LogP contribution < -0.4 is 5.32 Å². The number of aryl methyl sites for hydroxylation is 1. The number of carbonyl (C=O) groups excluding carboxylic acids is 1. The molecule has 1 amide bonds. The van der Waals surface area contributed by atoms with Crippen LogP contribution in [0.25, 0.3) is 11.0 Å². The topological polar surface area (TPSA) is 103 Å². The van der Waals surface area contributed by atoms with Gasteiger partial charge in [-0.3, -0.25) is 4.79 Å². The van der Waals surface area contributed by atoms with Crippen LogP contribution in [0.1, 0.15) is 16.1 Å². The fourth-order valence-corrected chi connectivity index (χ4v) is 2.15. The highest BCUT2D eigenvalue weighted by Gasteiger charge is 2.32. The maximum Gasteiger partial charge on any atom is 0.287 e. The maximum atomic E-state index is 12.2. The van der Waals surface area contributed by atoms with Crippen LogP contribution in [0.2, 0.25) is 5.02 Å². The van der Waals surface area contributed by atoms with Gasteiger partial charge in [-0.2, -0.15) is 0 Å². The third-order valence-corrected chi connectivity index (χ3v) is 3.63. The summed E-state index contributed by atoms with van der Waals surface area (Å²) < 4.78 is 5.48. The maximum absolute atomic E-state index is 12.2. The number of fused-ring (bicyclic) bond motifs is 1. The highest BCUT2D eigenvalue weighted by atomic mass is 35.5. The molecule has 0 radical (unpaired) electrons. The van der Waals surface area contributed by atoms with Crippen LogP contribution in [0.3, 0.4) is 0 Å². The minimum Gasteiger partial charge on any atom is -0.451 e. The molecule has 21 heavy (non-hydrogen) atoms. The van der Waals surface area contributed by atoms with Crippen molar-refractivity contribution in [1.29, 1.82) is 0 Å². The Bertz CT molecular complexity index is 654. The van der Waals surface area contributed by atoms with Crippen molar-refractivity contribution < 1.29 is 24.5 Å². The Morgan fingerprint density at radius 3 is 2.48 bits per heavy atom. The number of aliphatic hydroxyl groups is 3. The van der Waals surface area contributed by atoms with Crippen molar-refractivity contribution >= 4 is 28.5 Å². The van der Waals surface area contributed by atoms with E-state index in [0.717, 1.165) is 0 Å². The Morgan fingerprint density at radius 1 is 1.29 bits per heavy atom. The molecule has 0 atom stereocenters. The first-order chi connectivity index (χ1) is 9.96. The van der Waals surface area contributed by atoms with Gasteiger partial charge in [0.15, 0.2) is 5.76 Å². The molecular weight excluding hydrogens is 298 g/mol. The van der Waals surface area contributed by atoms with Crippen LogP contribution in [0.15, 0.2) is 22.6 Å². The minimum absolute atomic E-state index is 0.0481. The van der Waals surface area contributed by atoms with Gasteiger partial charge in [0, 0.05) is 16.0 Å². The molecule has 0 saturated heterocycles. The number of carbonyl (C=O) groups is 1. The van der Waals surface area contributed by atoms with E-state index in [-0.39, 0.29) is 5.76 Å². The highest BCUT2D eigenvalue weighted by Crippen LogP contribution is 2.28. The molecule has 2 aromatic rings. The summed E-state index contributed by atoms with van der Waals surface area (Å²) in [5.41, 5.74) is -0.405. The number of rotatable bonds is 5. The first-order valence-corrected chi connectivity index (χ1v) is 6.68. The molecule has 6 nitrogen and oxygen atoms in total. The fourth-order valence-electron chi connectivity index (χ4n) is 1.98. The average Bonchev–Trinajstić information content (AvgIpc) is 2.82. The van der Waals surface area contributed by atoms with Gasteiger partial charge in [-0.25, -0.2) is 0 Å². The summed E-state index contributed by atoms with van der Waals surface area (Å²) in [5, 5.41) is 31.3. The SMILES string of the molecule is Cc1c(C(=O)NC(CO)(CO)CO)oc2ccc(Cl)cc12. The lowest BCUT2D eigenvalue weighted by atomic mass is 10.0. The third-order valence-electron chi connectivity index (χ3n) is 3.39. The van der Waals surface area contributed by atoms with Gasteiger partial charge >= 0.3 is 0 Å². The predicted molar refractivity (Wildman–Crippen MR) is 77.4 cm³/mol. The van der Waals surface area contributed by atoms with Crippen molar-refractivity contribution in [3.63, 3.8) is 0 Å². The standard InChI is InChI=1S/C14H16ClNO5/c1-8-10-4-9(15)2-3-11(10)21-12(8)13(20)16-14(5-17,6-18)7-19/h2-4,17-19H,5-7H2,1H3,(H,16,20). The number of amides is 1. The van der Waals surface area contributed by atoms with Crippen LogP contribution in [-0.2, 0) is 0 Å². The zero-order valence-electron chi connectivity index (χ0n) is 11.4. The molecule has 7 heteroatoms. The molecule has 1 aromatic heterocycles. The van der Waals surface area contributed by atoms with E-state index in [2.05, 4.69) is 5.32 Å². The molecule has 0 spiro atoms. The van der Waals surface area contributed by atoms with Gasteiger partial charge in [-0.1, -0.05) is 11.6 Å². The van der Waals surface area contributed by atoms with E-state index in [1.807, 2.05) is 0 Å². The molecule has 2 rings (SSSR count). The number of aliphatic hydroxyl groups excluding tert-OH is 3. The molecule has 0 aliphatic carbocycles. The number of hydrogen-bond donors (Lipinski definition) is 4. The average molecular weight is 314 g/mol. The largest absolute Gasteiger partial charge is 0.451 e. The van der Waals surface area contributed by atoms with Crippen LogP contribution >= 0.6 is 11.6 Å². The lowest BCUT2D eigenvalue weighted by Crippen LogP contribution is -2.57. The van der Waals surface area contributed by atoms with Gasteiger partial charge in [-0.15, -0.1) is 0 Å². The van der Waals surface area contributed by atoms with Crippen LogP contribution in [0.5, 0.6) is 0 Å². The van der Waals surface area contributed by atoms with E-state index in [4.69, 9.17) is 16.0 Å². The first-order valence-electron chi connectivity index (χ1n) is 6.30. The molecular formula is C14H16ClNO5. The summed E-state index contributed by atoms with van der Waals surface area (Å²) in [6.07, 6.45) is 0. The predicted octanol–water partition coefficient (Wildman–Crippen LogP) is 0.840. The zero-order valence-corrected chi connectivity index (χ0v) is 12.1. The van der Waals surface area contributed by atoms with Gasteiger partial charge < -0.3 is 25.1 Å². The number of halogens is 1. The highest BCUT2D eigenvalue weighted by molar-refractivity contribution is 6.31. The van der Waals surface area contributed by atoms with Gasteiger partial charge in [-0.05, 0) is 25.1 Å². The molecule has 0 aliphatic heterocycles. The lowest BCUT2D eigenvalue weighted by Gasteiger charge is -2.28. The van der Waals surface area contributed by atoms with Crippen molar-refractivity contribution in [1.82, 2.24) is 5.32 Å². The molecule has 0 fully saturated rings. The summed E-state index contributed by atoms with van der Waals surface area (Å²) in [7, 11) is 0. The van der Waals surface area contributed by atoms with Gasteiger partial charge in [0.2, 0.25) is 0 Å².